The van der Waals surface area contributed by atoms with Gasteiger partial charge in [0, 0.05) is 62.7 Å². The van der Waals surface area contributed by atoms with Gasteiger partial charge in [-0.3, -0.25) is 0 Å². The number of thiophene rings is 2. The van der Waals surface area contributed by atoms with Crippen molar-refractivity contribution in [3.05, 3.63) is 158 Å². The number of hydrogen-bond acceptors (Lipinski definition) is 5. The van der Waals surface area contributed by atoms with Crippen LogP contribution in [0.3, 0.4) is 0 Å². The van der Waals surface area contributed by atoms with Gasteiger partial charge in [0.05, 0.1) is 5.69 Å². The van der Waals surface area contributed by atoms with Gasteiger partial charge in [-0.1, -0.05) is 84.9 Å². The van der Waals surface area contributed by atoms with Gasteiger partial charge >= 0.3 is 0 Å². The van der Waals surface area contributed by atoms with E-state index in [0.29, 0.717) is 5.89 Å². The van der Waals surface area contributed by atoms with E-state index >= 15 is 0 Å². The molecule has 11 aromatic rings. The number of oxazole rings is 1. The van der Waals surface area contributed by atoms with E-state index in [-0.39, 0.29) is 0 Å². The summed E-state index contributed by atoms with van der Waals surface area (Å²) in [5.41, 5.74) is 6.01. The maximum atomic E-state index is 6.60. The minimum Gasteiger partial charge on any atom is -0.435 e. The summed E-state index contributed by atoms with van der Waals surface area (Å²) < 4.78 is 11.8. The van der Waals surface area contributed by atoms with E-state index in [1.54, 1.807) is 0 Å². The Kier molecular flexibility index (Phi) is 5.99. The van der Waals surface area contributed by atoms with Crippen LogP contribution in [0, 0.1) is 0 Å². The van der Waals surface area contributed by atoms with Gasteiger partial charge in [0.1, 0.15) is 5.52 Å². The molecule has 3 aromatic heterocycles. The number of rotatable bonds is 4. The topological polar surface area (TPSA) is 29.3 Å². The summed E-state index contributed by atoms with van der Waals surface area (Å²) in [6, 6.07) is 56.7. The average molecular weight is 675 g/mol. The summed E-state index contributed by atoms with van der Waals surface area (Å²) in [5.74, 6) is 0.634. The molecule has 0 amide bonds. The number of benzene rings is 8. The molecule has 0 aliphatic rings. The van der Waals surface area contributed by atoms with Crippen LogP contribution in [0.5, 0.6) is 0 Å². The van der Waals surface area contributed by atoms with Gasteiger partial charge in [0.25, 0.3) is 0 Å². The molecule has 0 bridgehead atoms. The third kappa shape index (κ3) is 4.18. The van der Waals surface area contributed by atoms with E-state index in [1.807, 2.05) is 53.0 Å². The van der Waals surface area contributed by atoms with Crippen molar-refractivity contribution in [3.8, 4) is 11.5 Å². The maximum Gasteiger partial charge on any atom is 0.227 e. The van der Waals surface area contributed by atoms with Crippen molar-refractivity contribution in [1.82, 2.24) is 4.98 Å². The van der Waals surface area contributed by atoms with Crippen LogP contribution in [0.25, 0.3) is 84.4 Å². The summed E-state index contributed by atoms with van der Waals surface area (Å²) in [6.45, 7) is 0. The van der Waals surface area contributed by atoms with Crippen molar-refractivity contribution in [2.75, 3.05) is 4.90 Å². The normalized spacial score (nSPS) is 12.0. The molecule has 0 atom stereocenters. The van der Waals surface area contributed by atoms with Crippen molar-refractivity contribution in [2.45, 2.75) is 0 Å². The van der Waals surface area contributed by atoms with E-state index in [0.717, 1.165) is 55.3 Å². The van der Waals surface area contributed by atoms with Gasteiger partial charge in [-0.05, 0) is 89.0 Å². The molecule has 50 heavy (non-hydrogen) atoms. The fraction of sp³-hybridized carbons (Fsp3) is 0. The molecule has 234 valence electrons. The molecule has 0 aliphatic carbocycles. The number of nitrogens with zero attached hydrogens (tertiary/aromatic N) is 2. The molecule has 0 radical (unpaired) electrons. The standard InChI is InChI=1S/C45H26N2OS2/c1-2-9-29(10-3-1)45-46-36-23-20-28-18-17-27-19-21-30(25-34(27)42(28)44(36)48-45)47(31-22-24-40-35(26-31)32-11-4-6-14-38(32)49-40)37-13-8-16-41-43(37)33-12-5-7-15-39(33)50-41/h1-26H. The highest BCUT2D eigenvalue weighted by atomic mass is 32.1. The van der Waals surface area contributed by atoms with Gasteiger partial charge < -0.3 is 9.32 Å². The average Bonchev–Trinajstić information content (AvgIpc) is 3.89. The molecule has 3 nitrogen and oxygen atoms in total. The Hall–Kier alpha value is -6.01. The Morgan fingerprint density at radius 1 is 0.460 bits per heavy atom. The molecule has 0 saturated carbocycles. The number of hydrogen-bond donors (Lipinski definition) is 0. The molecule has 11 rings (SSSR count). The second kappa shape index (κ2) is 10.7. The lowest BCUT2D eigenvalue weighted by Gasteiger charge is -2.27. The first-order valence-electron chi connectivity index (χ1n) is 16.7. The van der Waals surface area contributed by atoms with Crippen molar-refractivity contribution in [3.63, 3.8) is 0 Å². The monoisotopic (exact) mass is 674 g/mol. The quantitative estimate of drug-likeness (QED) is 0.174. The molecular formula is C45H26N2OS2. The van der Waals surface area contributed by atoms with Crippen LogP contribution in [0.2, 0.25) is 0 Å². The van der Waals surface area contributed by atoms with Crippen LogP contribution >= 0.6 is 22.7 Å². The largest absolute Gasteiger partial charge is 0.435 e. The molecule has 0 N–H and O–H groups in total. The van der Waals surface area contributed by atoms with Crippen LogP contribution in [0.1, 0.15) is 0 Å². The zero-order chi connectivity index (χ0) is 32.8. The molecular weight excluding hydrogens is 649 g/mol. The Balaban J connectivity index is 1.21. The fourth-order valence-electron chi connectivity index (χ4n) is 7.58. The predicted octanol–water partition coefficient (Wildman–Crippen LogP) is 14.0. The zero-order valence-electron chi connectivity index (χ0n) is 26.6. The first kappa shape index (κ1) is 27.9. The van der Waals surface area contributed by atoms with Gasteiger partial charge in [0.15, 0.2) is 5.58 Å². The van der Waals surface area contributed by atoms with Crippen molar-refractivity contribution in [2.24, 2.45) is 0 Å². The van der Waals surface area contributed by atoms with E-state index in [9.17, 15) is 0 Å². The molecule has 0 unspecified atom stereocenters. The van der Waals surface area contributed by atoms with Crippen LogP contribution in [-0.2, 0) is 0 Å². The molecule has 0 fully saturated rings. The van der Waals surface area contributed by atoms with Crippen LogP contribution in [0.4, 0.5) is 17.1 Å². The summed E-state index contributed by atoms with van der Waals surface area (Å²) >= 11 is 3.70. The van der Waals surface area contributed by atoms with Crippen LogP contribution in [0.15, 0.2) is 162 Å². The minimum absolute atomic E-state index is 0.634. The molecule has 5 heteroatoms. The Labute approximate surface area is 294 Å². The highest BCUT2D eigenvalue weighted by Crippen LogP contribution is 2.47. The lowest BCUT2D eigenvalue weighted by atomic mass is 9.99. The third-order valence-corrected chi connectivity index (χ3v) is 12.1. The first-order chi connectivity index (χ1) is 24.8. The number of fused-ring (bicyclic) bond motifs is 11. The first-order valence-corrected chi connectivity index (χ1v) is 18.3. The van der Waals surface area contributed by atoms with Crippen LogP contribution in [-0.4, -0.2) is 4.98 Å². The zero-order valence-corrected chi connectivity index (χ0v) is 28.3. The van der Waals surface area contributed by atoms with E-state index < -0.39 is 0 Å². The lowest BCUT2D eigenvalue weighted by Crippen LogP contribution is -2.10. The summed E-state index contributed by atoms with van der Waals surface area (Å²) in [7, 11) is 0. The van der Waals surface area contributed by atoms with Crippen molar-refractivity contribution < 1.29 is 4.42 Å². The second-order valence-corrected chi connectivity index (χ2v) is 14.9. The highest BCUT2D eigenvalue weighted by Gasteiger charge is 2.21. The van der Waals surface area contributed by atoms with E-state index in [1.165, 1.54) is 40.3 Å². The molecule has 8 aromatic carbocycles. The van der Waals surface area contributed by atoms with Crippen molar-refractivity contribution >= 4 is 113 Å². The molecule has 0 spiro atoms. The smallest absolute Gasteiger partial charge is 0.227 e. The lowest BCUT2D eigenvalue weighted by molar-refractivity contribution is 0.623. The predicted molar refractivity (Wildman–Crippen MR) is 215 cm³/mol. The Morgan fingerprint density at radius 2 is 1.10 bits per heavy atom. The van der Waals surface area contributed by atoms with Crippen molar-refractivity contribution in [1.29, 1.82) is 0 Å². The summed E-state index contributed by atoms with van der Waals surface area (Å²) in [4.78, 5) is 7.37. The van der Waals surface area contributed by atoms with Gasteiger partial charge in [-0.2, -0.15) is 0 Å². The van der Waals surface area contributed by atoms with Gasteiger partial charge in [-0.15, -0.1) is 22.7 Å². The maximum absolute atomic E-state index is 6.60. The minimum atomic E-state index is 0.634. The summed E-state index contributed by atoms with van der Waals surface area (Å²) in [5, 5.41) is 9.61. The Morgan fingerprint density at radius 3 is 1.98 bits per heavy atom. The number of anilines is 3. The molecule has 0 saturated heterocycles. The molecule has 3 heterocycles. The SMILES string of the molecule is c1ccc(-c2nc3ccc4ccc5ccc(N(c6ccc7sc8ccccc8c7c6)c6cccc7sc8ccccc8c67)cc5c4c3o2)cc1. The van der Waals surface area contributed by atoms with Gasteiger partial charge in [0.2, 0.25) is 5.89 Å². The fourth-order valence-corrected chi connectivity index (χ4v) is 9.79. The Bertz CT molecular complexity index is 3120. The van der Waals surface area contributed by atoms with Crippen LogP contribution < -0.4 is 4.90 Å². The van der Waals surface area contributed by atoms with E-state index in [2.05, 4.69) is 132 Å². The summed E-state index contributed by atoms with van der Waals surface area (Å²) in [6.07, 6.45) is 0. The van der Waals surface area contributed by atoms with Gasteiger partial charge in [-0.25, -0.2) is 4.98 Å². The van der Waals surface area contributed by atoms with E-state index in [4.69, 9.17) is 9.40 Å². The third-order valence-electron chi connectivity index (χ3n) is 9.86. The second-order valence-electron chi connectivity index (χ2n) is 12.7. The highest BCUT2D eigenvalue weighted by molar-refractivity contribution is 7.26. The number of aromatic nitrogens is 1. The molecule has 0 aliphatic heterocycles.